The Labute approximate surface area is 122 Å². The predicted molar refractivity (Wildman–Crippen MR) is 81.5 cm³/mol. The first-order chi connectivity index (χ1) is 9.17. The van der Waals surface area contributed by atoms with Gasteiger partial charge in [-0.2, -0.15) is 0 Å². The van der Waals surface area contributed by atoms with Crippen molar-refractivity contribution in [3.05, 3.63) is 59.2 Å². The summed E-state index contributed by atoms with van der Waals surface area (Å²) in [6, 6.07) is 14.2. The fourth-order valence-corrected chi connectivity index (χ4v) is 2.79. The van der Waals surface area contributed by atoms with Crippen molar-refractivity contribution in [3.8, 4) is 11.5 Å². The summed E-state index contributed by atoms with van der Waals surface area (Å²) in [7, 11) is 3.35. The molecule has 1 atom stereocenters. The van der Waals surface area contributed by atoms with Gasteiger partial charge in [0.2, 0.25) is 0 Å². The van der Waals surface area contributed by atoms with Gasteiger partial charge in [0.05, 0.1) is 24.6 Å². The van der Waals surface area contributed by atoms with E-state index in [0.717, 1.165) is 17.1 Å². The fraction of sp³-hybridized carbons (Fsp3) is 0.250. The maximum atomic E-state index is 5.44. The first-order valence-electron chi connectivity index (χ1n) is 6.09. The minimum atomic E-state index is 0.0409. The maximum Gasteiger partial charge on any atom is 0.127 e. The molecule has 0 N–H and O–H groups in total. The number of hydrogen-bond acceptors (Lipinski definition) is 2. The molecular weight excluding hydrogens is 304 g/mol. The fourth-order valence-electron chi connectivity index (χ4n) is 2.03. The van der Waals surface area contributed by atoms with E-state index in [1.807, 2.05) is 18.2 Å². The van der Waals surface area contributed by atoms with Gasteiger partial charge in [-0.25, -0.2) is 0 Å². The van der Waals surface area contributed by atoms with Crippen LogP contribution in [0.4, 0.5) is 0 Å². The molecule has 2 aromatic carbocycles. The first kappa shape index (κ1) is 13.9. The number of benzene rings is 2. The molecule has 100 valence electrons. The Morgan fingerprint density at radius 3 is 1.89 bits per heavy atom. The molecule has 0 aliphatic rings. The molecular formula is C16H17BrO2. The van der Waals surface area contributed by atoms with E-state index in [0.29, 0.717) is 0 Å². The molecule has 0 spiro atoms. The molecule has 0 heterocycles. The summed E-state index contributed by atoms with van der Waals surface area (Å²) in [5, 5.41) is 0. The lowest BCUT2D eigenvalue weighted by molar-refractivity contribution is 0.386. The molecule has 19 heavy (non-hydrogen) atoms. The average molecular weight is 321 g/mol. The van der Waals surface area contributed by atoms with E-state index in [9.17, 15) is 0 Å². The predicted octanol–water partition coefficient (Wildman–Crippen LogP) is 4.50. The third-order valence-corrected chi connectivity index (χ3v) is 4.08. The monoisotopic (exact) mass is 320 g/mol. The third kappa shape index (κ3) is 2.92. The van der Waals surface area contributed by atoms with Gasteiger partial charge in [-0.15, -0.1) is 0 Å². The van der Waals surface area contributed by atoms with E-state index in [1.54, 1.807) is 14.2 Å². The topological polar surface area (TPSA) is 18.5 Å². The molecule has 0 saturated carbocycles. The zero-order valence-electron chi connectivity index (χ0n) is 11.3. The average Bonchev–Trinajstić information content (AvgIpc) is 2.46. The van der Waals surface area contributed by atoms with E-state index < -0.39 is 0 Å². The van der Waals surface area contributed by atoms with Crippen LogP contribution in [0.15, 0.2) is 42.5 Å². The maximum absolute atomic E-state index is 5.44. The van der Waals surface area contributed by atoms with Gasteiger partial charge in [0.15, 0.2) is 0 Å². The Morgan fingerprint density at radius 2 is 1.42 bits per heavy atom. The first-order valence-corrected chi connectivity index (χ1v) is 7.00. The summed E-state index contributed by atoms with van der Waals surface area (Å²) in [6.07, 6.45) is 0. The number of hydrogen-bond donors (Lipinski definition) is 0. The lowest BCUT2D eigenvalue weighted by Crippen LogP contribution is -2.00. The molecule has 0 aliphatic heterocycles. The van der Waals surface area contributed by atoms with Crippen LogP contribution in [0.25, 0.3) is 0 Å². The highest BCUT2D eigenvalue weighted by molar-refractivity contribution is 9.09. The molecule has 0 aliphatic carbocycles. The third-order valence-electron chi connectivity index (χ3n) is 3.09. The summed E-state index contributed by atoms with van der Waals surface area (Å²) >= 11 is 3.74. The second-order valence-electron chi connectivity index (χ2n) is 4.35. The zero-order chi connectivity index (χ0) is 13.8. The highest BCUT2D eigenvalue weighted by Crippen LogP contribution is 2.42. The molecule has 2 nitrogen and oxygen atoms in total. The quantitative estimate of drug-likeness (QED) is 0.772. The lowest BCUT2D eigenvalue weighted by atomic mass is 10.0. The van der Waals surface area contributed by atoms with Gasteiger partial charge in [-0.1, -0.05) is 51.8 Å². The van der Waals surface area contributed by atoms with E-state index >= 15 is 0 Å². The van der Waals surface area contributed by atoms with Gasteiger partial charge in [-0.3, -0.25) is 0 Å². The van der Waals surface area contributed by atoms with Crippen molar-refractivity contribution in [1.82, 2.24) is 0 Å². The van der Waals surface area contributed by atoms with E-state index in [-0.39, 0.29) is 4.83 Å². The van der Waals surface area contributed by atoms with Crippen molar-refractivity contribution in [1.29, 1.82) is 0 Å². The normalized spacial score (nSPS) is 12.0. The molecule has 2 aromatic rings. The SMILES string of the molecule is COc1cccc(OC)c1C(Br)c1ccc(C)cc1. The van der Waals surface area contributed by atoms with E-state index in [4.69, 9.17) is 9.47 Å². The van der Waals surface area contributed by atoms with Gasteiger partial charge < -0.3 is 9.47 Å². The summed E-state index contributed by atoms with van der Waals surface area (Å²) in [5.41, 5.74) is 3.43. The standard InChI is InChI=1S/C16H17BrO2/c1-11-7-9-12(10-8-11)16(17)15-13(18-2)5-4-6-14(15)19-3/h4-10,16H,1-3H3. The van der Waals surface area contributed by atoms with Crippen LogP contribution in [0.1, 0.15) is 21.5 Å². The van der Waals surface area contributed by atoms with Crippen molar-refractivity contribution in [3.63, 3.8) is 0 Å². The van der Waals surface area contributed by atoms with Crippen LogP contribution in [0.3, 0.4) is 0 Å². The van der Waals surface area contributed by atoms with E-state index in [1.165, 1.54) is 11.1 Å². The van der Waals surface area contributed by atoms with Crippen molar-refractivity contribution in [2.75, 3.05) is 14.2 Å². The van der Waals surface area contributed by atoms with Crippen molar-refractivity contribution in [2.45, 2.75) is 11.8 Å². The van der Waals surface area contributed by atoms with Crippen LogP contribution in [0, 0.1) is 6.92 Å². The van der Waals surface area contributed by atoms with Crippen LogP contribution in [0.2, 0.25) is 0 Å². The number of rotatable bonds is 4. The molecule has 0 aromatic heterocycles. The van der Waals surface area contributed by atoms with Crippen LogP contribution in [0.5, 0.6) is 11.5 Å². The molecule has 0 fully saturated rings. The number of halogens is 1. The van der Waals surface area contributed by atoms with Gasteiger partial charge >= 0.3 is 0 Å². The number of ether oxygens (including phenoxy) is 2. The Bertz CT molecular complexity index is 527. The van der Waals surface area contributed by atoms with E-state index in [2.05, 4.69) is 47.1 Å². The summed E-state index contributed by atoms with van der Waals surface area (Å²) < 4.78 is 10.9. The molecule has 3 heteroatoms. The molecule has 1 unspecified atom stereocenters. The van der Waals surface area contributed by atoms with Gasteiger partial charge in [0.1, 0.15) is 11.5 Å². The minimum Gasteiger partial charge on any atom is -0.496 e. The molecule has 2 rings (SSSR count). The smallest absolute Gasteiger partial charge is 0.127 e. The van der Waals surface area contributed by atoms with Gasteiger partial charge in [0, 0.05) is 0 Å². The van der Waals surface area contributed by atoms with Gasteiger partial charge in [-0.05, 0) is 24.6 Å². The summed E-state index contributed by atoms with van der Waals surface area (Å²) in [4.78, 5) is 0.0409. The Kier molecular flexibility index (Phi) is 4.48. The van der Waals surface area contributed by atoms with Crippen LogP contribution >= 0.6 is 15.9 Å². The highest BCUT2D eigenvalue weighted by atomic mass is 79.9. The lowest BCUT2D eigenvalue weighted by Gasteiger charge is -2.18. The molecule has 0 radical (unpaired) electrons. The molecule has 0 amide bonds. The van der Waals surface area contributed by atoms with Crippen LogP contribution < -0.4 is 9.47 Å². The number of aryl methyl sites for hydroxylation is 1. The van der Waals surface area contributed by atoms with Crippen molar-refractivity contribution in [2.24, 2.45) is 0 Å². The van der Waals surface area contributed by atoms with Crippen molar-refractivity contribution < 1.29 is 9.47 Å². The largest absolute Gasteiger partial charge is 0.496 e. The Hall–Kier alpha value is -1.48. The highest BCUT2D eigenvalue weighted by Gasteiger charge is 2.19. The zero-order valence-corrected chi connectivity index (χ0v) is 12.9. The van der Waals surface area contributed by atoms with Gasteiger partial charge in [0.25, 0.3) is 0 Å². The Morgan fingerprint density at radius 1 is 0.895 bits per heavy atom. The molecule has 0 saturated heterocycles. The number of alkyl halides is 1. The summed E-state index contributed by atoms with van der Waals surface area (Å²) in [5.74, 6) is 1.64. The number of methoxy groups -OCH3 is 2. The van der Waals surface area contributed by atoms with Crippen LogP contribution in [-0.2, 0) is 0 Å². The Balaban J connectivity index is 2.47. The summed E-state index contributed by atoms with van der Waals surface area (Å²) in [6.45, 7) is 2.08. The van der Waals surface area contributed by atoms with Crippen molar-refractivity contribution >= 4 is 15.9 Å². The second-order valence-corrected chi connectivity index (χ2v) is 5.27. The second kappa shape index (κ2) is 6.11. The minimum absolute atomic E-state index is 0.0409. The van der Waals surface area contributed by atoms with Crippen LogP contribution in [-0.4, -0.2) is 14.2 Å². The molecule has 0 bridgehead atoms.